The Morgan fingerprint density at radius 1 is 1.32 bits per heavy atom. The predicted molar refractivity (Wildman–Crippen MR) is 97.8 cm³/mol. The van der Waals surface area contributed by atoms with Crippen molar-refractivity contribution in [2.75, 3.05) is 32.4 Å². The van der Waals surface area contributed by atoms with Crippen LogP contribution in [0.2, 0.25) is 0 Å². The van der Waals surface area contributed by atoms with E-state index in [1.165, 1.54) is 6.26 Å². The van der Waals surface area contributed by atoms with Crippen LogP contribution in [0.1, 0.15) is 51.8 Å². The quantitative estimate of drug-likeness (QED) is 0.787. The van der Waals surface area contributed by atoms with Crippen molar-refractivity contribution in [3.8, 4) is 0 Å². The summed E-state index contributed by atoms with van der Waals surface area (Å²) in [6, 6.07) is 0.534. The standard InChI is InChI=1S/C17H31N5O2S/c1-5-8-21-13-18-19-16(21)15-11-22(25(4,23)24)12-17(15)6-9-20(10-7-17)14(2)3/h13-15H,5-12H2,1-4H3. The third-order valence-corrected chi connectivity index (χ3v) is 7.25. The van der Waals surface area contributed by atoms with Gasteiger partial charge in [0.05, 0.1) is 6.26 Å². The fraction of sp³-hybridized carbons (Fsp3) is 0.882. The molecule has 2 aliphatic heterocycles. The van der Waals surface area contributed by atoms with Gasteiger partial charge < -0.3 is 9.47 Å². The average Bonchev–Trinajstić information content (AvgIpc) is 3.12. The molecule has 1 aromatic rings. The van der Waals surface area contributed by atoms with Crippen LogP contribution in [-0.2, 0) is 16.6 Å². The predicted octanol–water partition coefficient (Wildman–Crippen LogP) is 1.54. The highest BCUT2D eigenvalue weighted by Gasteiger charge is 2.52. The average molecular weight is 370 g/mol. The lowest BCUT2D eigenvalue weighted by Gasteiger charge is -2.43. The van der Waals surface area contributed by atoms with Gasteiger partial charge in [0.25, 0.3) is 0 Å². The van der Waals surface area contributed by atoms with Crippen molar-refractivity contribution < 1.29 is 8.42 Å². The molecule has 1 atom stereocenters. The van der Waals surface area contributed by atoms with Crippen LogP contribution in [0.5, 0.6) is 0 Å². The van der Waals surface area contributed by atoms with Gasteiger partial charge in [0, 0.05) is 31.6 Å². The Hall–Kier alpha value is -0.990. The number of hydrogen-bond donors (Lipinski definition) is 0. The van der Waals surface area contributed by atoms with E-state index in [0.717, 1.165) is 44.7 Å². The molecule has 0 amide bonds. The Balaban J connectivity index is 1.92. The van der Waals surface area contributed by atoms with Gasteiger partial charge in [-0.25, -0.2) is 12.7 Å². The molecule has 0 aliphatic carbocycles. The fourth-order valence-corrected chi connectivity index (χ4v) is 5.38. The number of sulfonamides is 1. The summed E-state index contributed by atoms with van der Waals surface area (Å²) < 4.78 is 28.2. The molecule has 7 nitrogen and oxygen atoms in total. The second-order valence-corrected chi connectivity index (χ2v) is 9.97. The van der Waals surface area contributed by atoms with Crippen LogP contribution in [0.4, 0.5) is 0 Å². The van der Waals surface area contributed by atoms with E-state index in [-0.39, 0.29) is 11.3 Å². The van der Waals surface area contributed by atoms with Gasteiger partial charge >= 0.3 is 0 Å². The highest BCUT2D eigenvalue weighted by atomic mass is 32.2. The van der Waals surface area contributed by atoms with Crippen LogP contribution >= 0.6 is 0 Å². The SMILES string of the molecule is CCCn1cnnc1C1CN(S(C)(=O)=O)CC12CCN(C(C)C)CC2. The summed E-state index contributed by atoms with van der Waals surface area (Å²) in [6.07, 6.45) is 6.16. The largest absolute Gasteiger partial charge is 0.317 e. The Morgan fingerprint density at radius 2 is 2.00 bits per heavy atom. The van der Waals surface area contributed by atoms with Gasteiger partial charge in [0.15, 0.2) is 0 Å². The highest BCUT2D eigenvalue weighted by molar-refractivity contribution is 7.88. The minimum Gasteiger partial charge on any atom is -0.317 e. The maximum atomic E-state index is 12.2. The number of likely N-dealkylation sites (tertiary alicyclic amines) is 1. The maximum absolute atomic E-state index is 12.2. The van der Waals surface area contributed by atoms with E-state index in [1.807, 2.05) is 0 Å². The van der Waals surface area contributed by atoms with Crippen molar-refractivity contribution >= 4 is 10.0 Å². The van der Waals surface area contributed by atoms with E-state index in [9.17, 15) is 8.42 Å². The first-order valence-corrected chi connectivity index (χ1v) is 11.2. The van der Waals surface area contributed by atoms with Crippen molar-refractivity contribution in [3.63, 3.8) is 0 Å². The maximum Gasteiger partial charge on any atom is 0.211 e. The van der Waals surface area contributed by atoms with Gasteiger partial charge in [0.2, 0.25) is 10.0 Å². The number of aromatic nitrogens is 3. The van der Waals surface area contributed by atoms with E-state index in [1.54, 1.807) is 10.6 Å². The number of nitrogens with zero attached hydrogens (tertiary/aromatic N) is 5. The van der Waals surface area contributed by atoms with Crippen LogP contribution in [0.15, 0.2) is 6.33 Å². The Morgan fingerprint density at radius 3 is 2.56 bits per heavy atom. The molecule has 0 saturated carbocycles. The third-order valence-electron chi connectivity index (χ3n) is 6.03. The van der Waals surface area contributed by atoms with Gasteiger partial charge in [-0.1, -0.05) is 6.92 Å². The van der Waals surface area contributed by atoms with Gasteiger partial charge in [-0.3, -0.25) is 0 Å². The summed E-state index contributed by atoms with van der Waals surface area (Å²) in [4.78, 5) is 2.49. The van der Waals surface area contributed by atoms with Crippen molar-refractivity contribution in [2.45, 2.75) is 58.5 Å². The van der Waals surface area contributed by atoms with Crippen LogP contribution in [0, 0.1) is 5.41 Å². The van der Waals surface area contributed by atoms with Crippen molar-refractivity contribution in [1.82, 2.24) is 24.0 Å². The molecule has 3 heterocycles. The first kappa shape index (κ1) is 18.8. The zero-order valence-electron chi connectivity index (χ0n) is 15.8. The van der Waals surface area contributed by atoms with E-state index in [0.29, 0.717) is 19.1 Å². The van der Waals surface area contributed by atoms with E-state index in [2.05, 4.69) is 40.4 Å². The summed E-state index contributed by atoms with van der Waals surface area (Å²) >= 11 is 0. The summed E-state index contributed by atoms with van der Waals surface area (Å²) in [5, 5.41) is 8.54. The van der Waals surface area contributed by atoms with Crippen LogP contribution in [0.3, 0.4) is 0 Å². The van der Waals surface area contributed by atoms with Gasteiger partial charge in [0.1, 0.15) is 12.2 Å². The number of piperidine rings is 1. The molecule has 25 heavy (non-hydrogen) atoms. The van der Waals surface area contributed by atoms with Crippen LogP contribution < -0.4 is 0 Å². The topological polar surface area (TPSA) is 71.3 Å². The summed E-state index contributed by atoms with van der Waals surface area (Å²) in [6.45, 7) is 10.7. The molecular formula is C17H31N5O2S. The zero-order valence-corrected chi connectivity index (χ0v) is 16.7. The molecule has 0 radical (unpaired) electrons. The Kier molecular flexibility index (Phi) is 5.23. The van der Waals surface area contributed by atoms with E-state index >= 15 is 0 Å². The Labute approximate surface area is 151 Å². The zero-order chi connectivity index (χ0) is 18.2. The van der Waals surface area contributed by atoms with Crippen molar-refractivity contribution in [3.05, 3.63) is 12.2 Å². The van der Waals surface area contributed by atoms with Crippen LogP contribution in [0.25, 0.3) is 0 Å². The molecule has 1 aromatic heterocycles. The van der Waals surface area contributed by atoms with Gasteiger partial charge in [-0.2, -0.15) is 0 Å². The first-order chi connectivity index (χ1) is 11.8. The highest BCUT2D eigenvalue weighted by Crippen LogP contribution is 2.50. The first-order valence-electron chi connectivity index (χ1n) is 9.34. The summed E-state index contributed by atoms with van der Waals surface area (Å²) in [5.74, 6) is 1.09. The number of rotatable bonds is 5. The molecule has 2 saturated heterocycles. The van der Waals surface area contributed by atoms with Gasteiger partial charge in [-0.15, -0.1) is 10.2 Å². The number of hydrogen-bond acceptors (Lipinski definition) is 5. The van der Waals surface area contributed by atoms with Crippen LogP contribution in [-0.4, -0.2) is 70.9 Å². The second kappa shape index (κ2) is 6.96. The number of aryl methyl sites for hydroxylation is 1. The molecule has 1 spiro atoms. The fourth-order valence-electron chi connectivity index (χ4n) is 4.47. The summed E-state index contributed by atoms with van der Waals surface area (Å²) in [7, 11) is -3.19. The molecule has 1 unspecified atom stereocenters. The monoisotopic (exact) mass is 369 g/mol. The molecule has 142 valence electrons. The lowest BCUT2D eigenvalue weighted by Crippen LogP contribution is -2.46. The van der Waals surface area contributed by atoms with Gasteiger partial charge in [-0.05, 0) is 51.6 Å². The van der Waals surface area contributed by atoms with E-state index in [4.69, 9.17) is 0 Å². The normalized spacial score (nSPS) is 25.2. The molecule has 8 heteroatoms. The second-order valence-electron chi connectivity index (χ2n) is 7.98. The van der Waals surface area contributed by atoms with E-state index < -0.39 is 10.0 Å². The minimum atomic E-state index is -3.19. The lowest BCUT2D eigenvalue weighted by atomic mass is 9.70. The van der Waals surface area contributed by atoms with Crippen molar-refractivity contribution in [2.24, 2.45) is 5.41 Å². The molecule has 0 bridgehead atoms. The molecule has 0 N–H and O–H groups in total. The molecule has 2 fully saturated rings. The molecule has 3 rings (SSSR count). The van der Waals surface area contributed by atoms with Crippen molar-refractivity contribution in [1.29, 1.82) is 0 Å². The summed E-state index contributed by atoms with van der Waals surface area (Å²) in [5.41, 5.74) is -0.0208. The minimum absolute atomic E-state index is 0.0208. The smallest absolute Gasteiger partial charge is 0.211 e. The molecule has 2 aliphatic rings. The Bertz CT molecular complexity index is 692. The lowest BCUT2D eigenvalue weighted by molar-refractivity contribution is 0.0789. The third kappa shape index (κ3) is 3.61. The molecule has 0 aromatic carbocycles. The molecular weight excluding hydrogens is 338 g/mol.